The lowest BCUT2D eigenvalue weighted by atomic mass is 9.94. The smallest absolute Gasteiger partial charge is 0.352 e. The Hall–Kier alpha value is -4.69. The van der Waals surface area contributed by atoms with E-state index in [-0.39, 0.29) is 53.9 Å². The number of benzene rings is 1. The fourth-order valence-corrected chi connectivity index (χ4v) is 8.32. The molecule has 1 aromatic carbocycles. The third-order valence-electron chi connectivity index (χ3n) is 7.35. The number of nitrogen functional groups attached to an aromatic ring is 1. The average molecular weight is 690 g/mol. The van der Waals surface area contributed by atoms with E-state index in [2.05, 4.69) is 26.1 Å². The maximum Gasteiger partial charge on any atom is 0.352 e. The molecule has 3 atom stereocenters. The van der Waals surface area contributed by atoms with Gasteiger partial charge in [-0.25, -0.2) is 9.59 Å². The van der Waals surface area contributed by atoms with Gasteiger partial charge in [0.25, 0.3) is 5.91 Å². The fraction of sp³-hybridized carbons (Fsp3) is 0.346. The Labute approximate surface area is 273 Å². The number of hydrogen-bond acceptors (Lipinski definition) is 13. The number of fused-ring (bicyclic) bond motifs is 1. The molecule has 0 bridgehead atoms. The Balaban J connectivity index is 1.39. The number of likely N-dealkylation sites (N-methyl/N-ethyl adjacent to an activating group) is 1. The minimum absolute atomic E-state index is 0.104. The van der Waals surface area contributed by atoms with Crippen LogP contribution < -0.4 is 21.7 Å². The lowest BCUT2D eigenvalue weighted by Crippen LogP contribution is -2.85. The number of anilines is 1. The van der Waals surface area contributed by atoms with Crippen LogP contribution >= 0.6 is 34.9 Å². The zero-order valence-corrected chi connectivity index (χ0v) is 26.4. The molecule has 5 rings (SSSR count). The zero-order chi connectivity index (χ0) is 33.2. The summed E-state index contributed by atoms with van der Waals surface area (Å²) in [5.74, 6) is -4.86. The Kier molecular flexibility index (Phi) is 9.49. The van der Waals surface area contributed by atoms with Gasteiger partial charge in [-0.3, -0.25) is 33.8 Å². The molecule has 7 amide bonds. The van der Waals surface area contributed by atoms with Crippen LogP contribution in [-0.2, 0) is 28.8 Å². The second kappa shape index (κ2) is 13.3. The second-order valence-electron chi connectivity index (χ2n) is 9.98. The van der Waals surface area contributed by atoms with Crippen molar-refractivity contribution < 1.29 is 38.7 Å². The topological polar surface area (TPSA) is 237 Å². The van der Waals surface area contributed by atoms with E-state index >= 15 is 0 Å². The largest absolute Gasteiger partial charge is 0.477 e. The molecule has 20 heteroatoms. The number of carboxylic acid groups (broad SMARTS) is 1. The van der Waals surface area contributed by atoms with Gasteiger partial charge in [-0.05, 0) is 18.1 Å². The third kappa shape index (κ3) is 5.97. The normalized spacial score (nSPS) is 21.7. The summed E-state index contributed by atoms with van der Waals surface area (Å²) < 4.78 is 0.508. The van der Waals surface area contributed by atoms with E-state index in [0.717, 1.165) is 28.0 Å². The number of imide groups is 1. The first-order valence-corrected chi connectivity index (χ1v) is 16.5. The van der Waals surface area contributed by atoms with E-state index in [1.807, 2.05) is 0 Å². The molecular formula is C26H27N9O8S3. The van der Waals surface area contributed by atoms with Gasteiger partial charge >= 0.3 is 23.8 Å². The maximum atomic E-state index is 13.9. The molecule has 2 aromatic rings. The SMILES string of the molecule is CCN1CCN(C(=O)NC(C(=O)N[C@]2(NC=O)C(=O)N3C(C(=O)O)=C(CSc4nnc(N)s4)CS[C@@H]32)c2ccccc2)C(=O)C1=O. The molecule has 3 aliphatic rings. The number of thioether (sulfide) groups is 2. The van der Waals surface area contributed by atoms with Gasteiger partial charge in [0, 0.05) is 31.1 Å². The lowest BCUT2D eigenvalue weighted by Gasteiger charge is -2.56. The Morgan fingerprint density at radius 1 is 1.17 bits per heavy atom. The highest BCUT2D eigenvalue weighted by Gasteiger charge is 2.66. The monoisotopic (exact) mass is 689 g/mol. The van der Waals surface area contributed by atoms with E-state index < -0.39 is 52.7 Å². The van der Waals surface area contributed by atoms with E-state index in [9.17, 15) is 38.7 Å². The van der Waals surface area contributed by atoms with Gasteiger partial charge in [-0.1, -0.05) is 53.4 Å². The summed E-state index contributed by atoms with van der Waals surface area (Å²) in [5.41, 5.74) is 3.93. The van der Waals surface area contributed by atoms with Gasteiger partial charge in [0.1, 0.15) is 17.1 Å². The number of β-lactam (4-membered cyclic amide) rings is 1. The number of carboxylic acids is 1. The lowest BCUT2D eigenvalue weighted by molar-refractivity contribution is -0.163. The van der Waals surface area contributed by atoms with Crippen molar-refractivity contribution in [2.24, 2.45) is 0 Å². The zero-order valence-electron chi connectivity index (χ0n) is 24.0. The van der Waals surface area contributed by atoms with Gasteiger partial charge < -0.3 is 31.7 Å². The molecule has 0 saturated carbocycles. The summed E-state index contributed by atoms with van der Waals surface area (Å²) in [6.07, 6.45) is 0.207. The first-order valence-electron chi connectivity index (χ1n) is 13.6. The van der Waals surface area contributed by atoms with Crippen LogP contribution in [0.3, 0.4) is 0 Å². The number of rotatable bonds is 11. The van der Waals surface area contributed by atoms with Crippen molar-refractivity contribution in [2.75, 3.05) is 36.9 Å². The molecule has 1 aromatic heterocycles. The number of carbonyl (C=O) groups excluding carboxylic acids is 6. The summed E-state index contributed by atoms with van der Waals surface area (Å²) in [5, 5.41) is 24.2. The molecule has 3 aliphatic heterocycles. The molecular weight excluding hydrogens is 663 g/mol. The molecule has 46 heavy (non-hydrogen) atoms. The molecule has 0 spiro atoms. The van der Waals surface area contributed by atoms with Crippen LogP contribution in [0.4, 0.5) is 9.93 Å². The van der Waals surface area contributed by atoms with Crippen LogP contribution in [0.15, 0.2) is 45.9 Å². The van der Waals surface area contributed by atoms with Gasteiger partial charge in [-0.2, -0.15) is 0 Å². The number of aliphatic carboxylic acids is 1. The quantitative estimate of drug-likeness (QED) is 0.0637. The summed E-state index contributed by atoms with van der Waals surface area (Å²) in [6, 6.07) is 5.42. The number of urea groups is 1. The van der Waals surface area contributed by atoms with Gasteiger partial charge in [0.15, 0.2) is 4.34 Å². The van der Waals surface area contributed by atoms with E-state index in [0.29, 0.717) is 14.8 Å². The van der Waals surface area contributed by atoms with Crippen LogP contribution in [-0.4, -0.2) is 114 Å². The van der Waals surface area contributed by atoms with Crippen LogP contribution in [0.5, 0.6) is 0 Å². The third-order valence-corrected chi connectivity index (χ3v) is 10.7. The van der Waals surface area contributed by atoms with Crippen molar-refractivity contribution in [3.63, 3.8) is 0 Å². The molecule has 4 heterocycles. The highest BCUT2D eigenvalue weighted by atomic mass is 32.2. The molecule has 2 fully saturated rings. The fourth-order valence-electron chi connectivity index (χ4n) is 5.12. The van der Waals surface area contributed by atoms with Crippen LogP contribution in [0.1, 0.15) is 18.5 Å². The first-order chi connectivity index (χ1) is 22.0. The summed E-state index contributed by atoms with van der Waals surface area (Å²) in [6.45, 7) is 1.98. The molecule has 0 radical (unpaired) electrons. The molecule has 17 nitrogen and oxygen atoms in total. The first kappa shape index (κ1) is 32.7. The minimum atomic E-state index is -2.06. The number of nitrogens with zero attached hydrogens (tertiary/aromatic N) is 5. The number of piperazine rings is 1. The Morgan fingerprint density at radius 2 is 1.91 bits per heavy atom. The number of nitrogens with one attached hydrogen (secondary N) is 3. The van der Waals surface area contributed by atoms with Gasteiger partial charge in [-0.15, -0.1) is 22.0 Å². The number of nitrogens with two attached hydrogens (primary N) is 1. The molecule has 6 N–H and O–H groups in total. The van der Waals surface area contributed by atoms with Crippen molar-refractivity contribution in [3.8, 4) is 0 Å². The predicted octanol–water partition coefficient (Wildman–Crippen LogP) is -0.834. The van der Waals surface area contributed by atoms with E-state index in [1.165, 1.54) is 28.8 Å². The predicted molar refractivity (Wildman–Crippen MR) is 165 cm³/mol. The van der Waals surface area contributed by atoms with E-state index in [1.54, 1.807) is 25.1 Å². The average Bonchev–Trinajstić information content (AvgIpc) is 3.47. The summed E-state index contributed by atoms with van der Waals surface area (Å²) >= 11 is 3.44. The second-order valence-corrected chi connectivity index (χ2v) is 13.3. The Morgan fingerprint density at radius 3 is 2.54 bits per heavy atom. The van der Waals surface area contributed by atoms with Crippen LogP contribution in [0.25, 0.3) is 0 Å². The minimum Gasteiger partial charge on any atom is -0.477 e. The Bertz CT molecular complexity index is 1640. The van der Waals surface area contributed by atoms with Gasteiger partial charge in [0.2, 0.25) is 23.1 Å². The van der Waals surface area contributed by atoms with Crippen molar-refractivity contribution in [2.45, 2.75) is 28.3 Å². The summed E-state index contributed by atoms with van der Waals surface area (Å²) in [7, 11) is 0. The number of carbonyl (C=O) groups is 7. The number of aromatic nitrogens is 2. The van der Waals surface area contributed by atoms with Crippen LogP contribution in [0.2, 0.25) is 0 Å². The molecule has 0 aliphatic carbocycles. The number of hydrogen-bond donors (Lipinski definition) is 5. The highest BCUT2D eigenvalue weighted by Crippen LogP contribution is 2.46. The van der Waals surface area contributed by atoms with Crippen molar-refractivity contribution in [1.29, 1.82) is 0 Å². The van der Waals surface area contributed by atoms with Crippen LogP contribution in [0, 0.1) is 0 Å². The van der Waals surface area contributed by atoms with Gasteiger partial charge in [0.05, 0.1) is 0 Å². The van der Waals surface area contributed by atoms with E-state index in [4.69, 9.17) is 5.73 Å². The number of amides is 7. The van der Waals surface area contributed by atoms with Crippen molar-refractivity contribution in [1.82, 2.24) is 40.8 Å². The molecule has 242 valence electrons. The standard InChI is InChI=1S/C26H27N9O8S3/c1-2-33-8-9-34(19(39)18(33)38)24(43)29-15(13-6-4-3-5-7-13)17(37)30-26(28-12-36)21(42)35-16(20(40)41)14(10-44-22(26)35)11-45-25-32-31-23(27)46-25/h3-7,12,15,22H,2,8-11H2,1H3,(H2,27,31)(H,28,36)(H,29,43)(H,30,37)(H,40,41)/t15?,22-,26-/m1/s1. The molecule has 2 saturated heterocycles. The maximum absolute atomic E-state index is 13.9. The van der Waals surface area contributed by atoms with Crippen molar-refractivity contribution in [3.05, 3.63) is 47.2 Å². The summed E-state index contributed by atoms with van der Waals surface area (Å²) in [4.78, 5) is 92.9. The van der Waals surface area contributed by atoms with Crippen molar-refractivity contribution >= 4 is 82.0 Å². The highest BCUT2D eigenvalue weighted by molar-refractivity contribution is 8.02. The molecule has 1 unspecified atom stereocenters.